The highest BCUT2D eigenvalue weighted by molar-refractivity contribution is 5.83. The molecular weight excluding hydrogens is 224 g/mol. The Morgan fingerprint density at radius 2 is 2.00 bits per heavy atom. The van der Waals surface area contributed by atoms with Crippen LogP contribution in [-0.2, 0) is 4.79 Å². The summed E-state index contributed by atoms with van der Waals surface area (Å²) in [6.45, 7) is 6.23. The standard InChI is InChI=1S/C15H28N2O/c1-4-12-5-7-13(8-6-12)17(3)14(18)15(2)9-10-16-11-15/h12-13,16H,4-11H2,1-3H3. The van der Waals surface area contributed by atoms with Crippen LogP contribution in [-0.4, -0.2) is 37.0 Å². The molecule has 2 fully saturated rings. The largest absolute Gasteiger partial charge is 0.342 e. The molecular formula is C15H28N2O. The number of hydrogen-bond donors (Lipinski definition) is 1. The molecule has 0 spiro atoms. The van der Waals surface area contributed by atoms with Crippen LogP contribution in [0.3, 0.4) is 0 Å². The average Bonchev–Trinajstić information content (AvgIpc) is 2.85. The Bertz CT molecular complexity index is 289. The third kappa shape index (κ3) is 2.71. The molecule has 1 amide bonds. The van der Waals surface area contributed by atoms with Crippen LogP contribution in [0.15, 0.2) is 0 Å². The molecule has 2 aliphatic rings. The molecule has 18 heavy (non-hydrogen) atoms. The summed E-state index contributed by atoms with van der Waals surface area (Å²) >= 11 is 0. The van der Waals surface area contributed by atoms with E-state index in [2.05, 4.69) is 24.1 Å². The van der Waals surface area contributed by atoms with E-state index in [9.17, 15) is 4.79 Å². The van der Waals surface area contributed by atoms with Crippen molar-refractivity contribution in [1.29, 1.82) is 0 Å². The maximum atomic E-state index is 12.6. The summed E-state index contributed by atoms with van der Waals surface area (Å²) in [7, 11) is 2.02. The number of amides is 1. The van der Waals surface area contributed by atoms with Crippen molar-refractivity contribution in [2.45, 2.75) is 58.4 Å². The van der Waals surface area contributed by atoms with Crippen LogP contribution in [0.2, 0.25) is 0 Å². The molecule has 2 rings (SSSR count). The molecule has 0 radical (unpaired) electrons. The van der Waals surface area contributed by atoms with Crippen LogP contribution in [0.4, 0.5) is 0 Å². The molecule has 0 bridgehead atoms. The first-order chi connectivity index (χ1) is 8.57. The fourth-order valence-electron chi connectivity index (χ4n) is 3.53. The monoisotopic (exact) mass is 252 g/mol. The molecule has 0 aromatic heterocycles. The zero-order chi connectivity index (χ0) is 13.2. The van der Waals surface area contributed by atoms with Gasteiger partial charge in [0, 0.05) is 19.6 Å². The lowest BCUT2D eigenvalue weighted by molar-refractivity contribution is -0.141. The Labute approximate surface area is 111 Å². The Morgan fingerprint density at radius 3 is 2.50 bits per heavy atom. The first kappa shape index (κ1) is 13.9. The fraction of sp³-hybridized carbons (Fsp3) is 0.933. The van der Waals surface area contributed by atoms with Crippen LogP contribution in [0.5, 0.6) is 0 Å². The number of nitrogens with one attached hydrogen (secondary N) is 1. The van der Waals surface area contributed by atoms with E-state index in [4.69, 9.17) is 0 Å². The van der Waals surface area contributed by atoms with Crippen LogP contribution in [0, 0.1) is 11.3 Å². The molecule has 3 nitrogen and oxygen atoms in total. The molecule has 1 atom stereocenters. The topological polar surface area (TPSA) is 32.3 Å². The lowest BCUT2D eigenvalue weighted by atomic mass is 9.82. The van der Waals surface area contributed by atoms with Gasteiger partial charge >= 0.3 is 0 Å². The minimum Gasteiger partial charge on any atom is -0.342 e. The van der Waals surface area contributed by atoms with Crippen LogP contribution < -0.4 is 5.32 Å². The quantitative estimate of drug-likeness (QED) is 0.836. The minimum absolute atomic E-state index is 0.156. The third-order valence-electron chi connectivity index (χ3n) is 5.15. The third-order valence-corrected chi connectivity index (χ3v) is 5.15. The number of hydrogen-bond acceptors (Lipinski definition) is 2. The zero-order valence-corrected chi connectivity index (χ0v) is 12.2. The average molecular weight is 252 g/mol. The molecule has 1 aliphatic heterocycles. The van der Waals surface area contributed by atoms with Gasteiger partial charge in [-0.2, -0.15) is 0 Å². The highest BCUT2D eigenvalue weighted by atomic mass is 16.2. The van der Waals surface area contributed by atoms with Crippen LogP contribution in [0.25, 0.3) is 0 Å². The van der Waals surface area contributed by atoms with Gasteiger partial charge in [-0.05, 0) is 51.5 Å². The van der Waals surface area contributed by atoms with Crippen LogP contribution in [0.1, 0.15) is 52.4 Å². The maximum absolute atomic E-state index is 12.6. The predicted molar refractivity (Wildman–Crippen MR) is 74.4 cm³/mol. The van der Waals surface area contributed by atoms with E-state index in [1.807, 2.05) is 7.05 Å². The SMILES string of the molecule is CCC1CCC(N(C)C(=O)C2(C)CCNC2)CC1. The van der Waals surface area contributed by atoms with Gasteiger partial charge in [0.15, 0.2) is 0 Å². The number of carbonyl (C=O) groups excluding carboxylic acids is 1. The van der Waals surface area contributed by atoms with Crippen molar-refractivity contribution in [3.05, 3.63) is 0 Å². The van der Waals surface area contributed by atoms with Crippen molar-refractivity contribution in [2.75, 3.05) is 20.1 Å². The minimum atomic E-state index is -0.156. The molecule has 1 saturated carbocycles. The van der Waals surface area contributed by atoms with E-state index in [0.717, 1.165) is 25.4 Å². The second-order valence-corrected chi connectivity index (χ2v) is 6.49. The summed E-state index contributed by atoms with van der Waals surface area (Å²) in [5.74, 6) is 1.25. The van der Waals surface area contributed by atoms with Gasteiger partial charge in [-0.25, -0.2) is 0 Å². The van der Waals surface area contributed by atoms with Crippen LogP contribution >= 0.6 is 0 Å². The molecule has 1 unspecified atom stereocenters. The highest BCUT2D eigenvalue weighted by Gasteiger charge is 2.40. The molecule has 0 aromatic rings. The van der Waals surface area contributed by atoms with Gasteiger partial charge < -0.3 is 10.2 Å². The lowest BCUT2D eigenvalue weighted by Gasteiger charge is -2.38. The second kappa shape index (κ2) is 5.60. The molecule has 1 aliphatic carbocycles. The fourth-order valence-corrected chi connectivity index (χ4v) is 3.53. The summed E-state index contributed by atoms with van der Waals surface area (Å²) in [5.41, 5.74) is -0.156. The smallest absolute Gasteiger partial charge is 0.229 e. The molecule has 0 aromatic carbocycles. The van der Waals surface area contributed by atoms with Gasteiger partial charge in [-0.3, -0.25) is 4.79 Å². The summed E-state index contributed by atoms with van der Waals surface area (Å²) in [5, 5.41) is 3.32. The van der Waals surface area contributed by atoms with Gasteiger partial charge in [0.1, 0.15) is 0 Å². The Hall–Kier alpha value is -0.570. The van der Waals surface area contributed by atoms with E-state index in [1.54, 1.807) is 0 Å². The van der Waals surface area contributed by atoms with Gasteiger partial charge in [0.2, 0.25) is 5.91 Å². The van der Waals surface area contributed by atoms with E-state index in [1.165, 1.54) is 32.1 Å². The van der Waals surface area contributed by atoms with Crippen molar-refractivity contribution < 1.29 is 4.79 Å². The van der Waals surface area contributed by atoms with Gasteiger partial charge in [-0.15, -0.1) is 0 Å². The first-order valence-electron chi connectivity index (χ1n) is 7.55. The predicted octanol–water partition coefficient (Wildman–Crippen LogP) is 2.41. The normalized spacial score (nSPS) is 36.6. The summed E-state index contributed by atoms with van der Waals surface area (Å²) < 4.78 is 0. The second-order valence-electron chi connectivity index (χ2n) is 6.49. The van der Waals surface area contributed by atoms with Crippen molar-refractivity contribution >= 4 is 5.91 Å². The van der Waals surface area contributed by atoms with Gasteiger partial charge in [-0.1, -0.05) is 13.3 Å². The summed E-state index contributed by atoms with van der Waals surface area (Å²) in [6, 6.07) is 0.484. The van der Waals surface area contributed by atoms with Crippen molar-refractivity contribution in [1.82, 2.24) is 10.2 Å². The molecule has 3 heteroatoms. The van der Waals surface area contributed by atoms with E-state index >= 15 is 0 Å². The van der Waals surface area contributed by atoms with Gasteiger partial charge in [0.25, 0.3) is 0 Å². The molecule has 1 saturated heterocycles. The molecule has 1 N–H and O–H groups in total. The highest BCUT2D eigenvalue weighted by Crippen LogP contribution is 2.33. The van der Waals surface area contributed by atoms with Gasteiger partial charge in [0.05, 0.1) is 5.41 Å². The van der Waals surface area contributed by atoms with Crippen molar-refractivity contribution in [3.63, 3.8) is 0 Å². The maximum Gasteiger partial charge on any atom is 0.229 e. The molecule has 1 heterocycles. The summed E-state index contributed by atoms with van der Waals surface area (Å²) in [4.78, 5) is 14.7. The Balaban J connectivity index is 1.91. The van der Waals surface area contributed by atoms with E-state index in [0.29, 0.717) is 11.9 Å². The van der Waals surface area contributed by atoms with E-state index in [-0.39, 0.29) is 5.41 Å². The number of rotatable bonds is 3. The number of nitrogens with zero attached hydrogens (tertiary/aromatic N) is 1. The number of carbonyl (C=O) groups is 1. The zero-order valence-electron chi connectivity index (χ0n) is 12.2. The summed E-state index contributed by atoms with van der Waals surface area (Å²) in [6.07, 6.45) is 7.28. The first-order valence-corrected chi connectivity index (χ1v) is 7.55. The Morgan fingerprint density at radius 1 is 1.33 bits per heavy atom. The van der Waals surface area contributed by atoms with E-state index < -0.39 is 0 Å². The van der Waals surface area contributed by atoms with Crippen molar-refractivity contribution in [3.8, 4) is 0 Å². The van der Waals surface area contributed by atoms with Crippen molar-refractivity contribution in [2.24, 2.45) is 11.3 Å². The Kier molecular flexibility index (Phi) is 4.31. The lowest BCUT2D eigenvalue weighted by Crippen LogP contribution is -2.47. The molecule has 104 valence electrons.